The Labute approximate surface area is 85.1 Å². The first-order valence-electron chi connectivity index (χ1n) is 5.46. The van der Waals surface area contributed by atoms with Crippen molar-refractivity contribution in [2.45, 2.75) is 38.1 Å². The molecule has 82 valence electrons. The molecule has 0 bridgehead atoms. The molecule has 3 N–H and O–H groups in total. The van der Waals surface area contributed by atoms with Gasteiger partial charge in [0, 0.05) is 13.2 Å². The van der Waals surface area contributed by atoms with E-state index >= 15 is 0 Å². The zero-order chi connectivity index (χ0) is 10.2. The van der Waals surface area contributed by atoms with Gasteiger partial charge >= 0.3 is 0 Å². The molecule has 0 aromatic rings. The molecule has 1 fully saturated rings. The van der Waals surface area contributed by atoms with E-state index in [4.69, 9.17) is 5.11 Å². The van der Waals surface area contributed by atoms with Gasteiger partial charge in [0.2, 0.25) is 5.91 Å². The van der Waals surface area contributed by atoms with Gasteiger partial charge in [-0.2, -0.15) is 0 Å². The number of amides is 1. The van der Waals surface area contributed by atoms with E-state index in [0.29, 0.717) is 6.54 Å². The largest absolute Gasteiger partial charge is 0.396 e. The number of rotatable bonds is 5. The number of piperidine rings is 1. The molecule has 1 aliphatic heterocycles. The number of aliphatic hydroxyl groups excluding tert-OH is 1. The molecule has 0 spiro atoms. The highest BCUT2D eigenvalue weighted by molar-refractivity contribution is 5.81. The molecule has 0 aromatic carbocycles. The molecule has 14 heavy (non-hydrogen) atoms. The first-order chi connectivity index (χ1) is 6.84. The molecule has 1 aliphatic rings. The third-order valence-electron chi connectivity index (χ3n) is 2.51. The van der Waals surface area contributed by atoms with Gasteiger partial charge in [-0.25, -0.2) is 0 Å². The summed E-state index contributed by atoms with van der Waals surface area (Å²) in [6, 6.07) is 0.0119. The SMILES string of the molecule is O=C(NCCCCO)[C@@H]1CCCCN1. The lowest BCUT2D eigenvalue weighted by atomic mass is 10.0. The summed E-state index contributed by atoms with van der Waals surface area (Å²) in [5.74, 6) is 0.114. The molecule has 4 nitrogen and oxygen atoms in total. The number of nitrogens with one attached hydrogen (secondary N) is 2. The molecule has 0 saturated carbocycles. The Morgan fingerprint density at radius 1 is 1.43 bits per heavy atom. The molecule has 1 atom stereocenters. The van der Waals surface area contributed by atoms with Gasteiger partial charge in [-0.1, -0.05) is 6.42 Å². The number of carbonyl (C=O) groups excluding carboxylic acids is 1. The van der Waals surface area contributed by atoms with Crippen LogP contribution in [0.15, 0.2) is 0 Å². The standard InChI is InChI=1S/C10H20N2O2/c13-8-4-3-7-12-10(14)9-5-1-2-6-11-9/h9,11,13H,1-8H2,(H,12,14)/t9-/m0/s1. The Morgan fingerprint density at radius 2 is 2.29 bits per heavy atom. The fourth-order valence-electron chi connectivity index (χ4n) is 1.65. The summed E-state index contributed by atoms with van der Waals surface area (Å²) in [5, 5.41) is 14.6. The lowest BCUT2D eigenvalue weighted by Crippen LogP contribution is -2.46. The second kappa shape index (κ2) is 6.79. The van der Waals surface area contributed by atoms with Crippen LogP contribution in [0.25, 0.3) is 0 Å². The number of carbonyl (C=O) groups is 1. The van der Waals surface area contributed by atoms with Gasteiger partial charge in [0.05, 0.1) is 6.04 Å². The van der Waals surface area contributed by atoms with Crippen LogP contribution in [0.5, 0.6) is 0 Å². The maximum Gasteiger partial charge on any atom is 0.237 e. The van der Waals surface area contributed by atoms with Crippen LogP contribution in [0.4, 0.5) is 0 Å². The summed E-state index contributed by atoms with van der Waals surface area (Å²) in [6.07, 6.45) is 4.88. The minimum Gasteiger partial charge on any atom is -0.396 e. The van der Waals surface area contributed by atoms with Crippen LogP contribution in [-0.4, -0.2) is 36.8 Å². The molecular formula is C10H20N2O2. The normalized spacial score (nSPS) is 21.9. The Kier molecular flexibility index (Phi) is 5.56. The maximum atomic E-state index is 11.5. The summed E-state index contributed by atoms with van der Waals surface area (Å²) in [5.41, 5.74) is 0. The summed E-state index contributed by atoms with van der Waals surface area (Å²) in [7, 11) is 0. The fourth-order valence-corrected chi connectivity index (χ4v) is 1.65. The van der Waals surface area contributed by atoms with Gasteiger partial charge < -0.3 is 15.7 Å². The van der Waals surface area contributed by atoms with Crippen LogP contribution in [0, 0.1) is 0 Å². The minimum absolute atomic E-state index is 0.0119. The van der Waals surface area contributed by atoms with Gasteiger partial charge in [-0.3, -0.25) is 4.79 Å². The number of unbranched alkanes of at least 4 members (excludes halogenated alkanes) is 1. The van der Waals surface area contributed by atoms with Crippen LogP contribution >= 0.6 is 0 Å². The number of hydrogen-bond acceptors (Lipinski definition) is 3. The monoisotopic (exact) mass is 200 g/mol. The topological polar surface area (TPSA) is 61.4 Å². The Balaban J connectivity index is 2.07. The predicted molar refractivity (Wildman–Crippen MR) is 55.0 cm³/mol. The van der Waals surface area contributed by atoms with Crippen molar-refractivity contribution >= 4 is 5.91 Å². The van der Waals surface area contributed by atoms with E-state index in [2.05, 4.69) is 10.6 Å². The highest BCUT2D eigenvalue weighted by atomic mass is 16.2. The summed E-state index contributed by atoms with van der Waals surface area (Å²) < 4.78 is 0. The van der Waals surface area contributed by atoms with Crippen molar-refractivity contribution in [1.29, 1.82) is 0 Å². The van der Waals surface area contributed by atoms with Crippen LogP contribution in [-0.2, 0) is 4.79 Å². The number of aliphatic hydroxyl groups is 1. The van der Waals surface area contributed by atoms with Crippen molar-refractivity contribution in [3.05, 3.63) is 0 Å². The zero-order valence-corrected chi connectivity index (χ0v) is 8.59. The lowest BCUT2D eigenvalue weighted by molar-refractivity contribution is -0.123. The van der Waals surface area contributed by atoms with E-state index in [1.165, 1.54) is 6.42 Å². The molecule has 1 heterocycles. The van der Waals surface area contributed by atoms with E-state index in [-0.39, 0.29) is 18.6 Å². The van der Waals surface area contributed by atoms with Crippen molar-refractivity contribution in [3.8, 4) is 0 Å². The second-order valence-electron chi connectivity index (χ2n) is 3.72. The van der Waals surface area contributed by atoms with Crippen LogP contribution < -0.4 is 10.6 Å². The predicted octanol–water partition coefficient (Wildman–Crippen LogP) is 0.0172. The highest BCUT2D eigenvalue weighted by Gasteiger charge is 2.19. The third-order valence-corrected chi connectivity index (χ3v) is 2.51. The molecule has 0 radical (unpaired) electrons. The quantitative estimate of drug-likeness (QED) is 0.548. The first-order valence-corrected chi connectivity index (χ1v) is 5.46. The van der Waals surface area contributed by atoms with Crippen molar-refractivity contribution in [3.63, 3.8) is 0 Å². The molecule has 1 amide bonds. The van der Waals surface area contributed by atoms with Crippen LogP contribution in [0.1, 0.15) is 32.1 Å². The first kappa shape index (κ1) is 11.5. The molecular weight excluding hydrogens is 180 g/mol. The fraction of sp³-hybridized carbons (Fsp3) is 0.900. The van der Waals surface area contributed by atoms with Crippen molar-refractivity contribution < 1.29 is 9.90 Å². The van der Waals surface area contributed by atoms with Gasteiger partial charge in [-0.15, -0.1) is 0 Å². The third kappa shape index (κ3) is 4.07. The van der Waals surface area contributed by atoms with Crippen molar-refractivity contribution in [2.24, 2.45) is 0 Å². The average Bonchev–Trinajstić information content (AvgIpc) is 2.25. The minimum atomic E-state index is 0.0119. The van der Waals surface area contributed by atoms with E-state index in [9.17, 15) is 4.79 Å². The van der Waals surface area contributed by atoms with Gasteiger partial charge in [0.25, 0.3) is 0 Å². The zero-order valence-electron chi connectivity index (χ0n) is 8.59. The summed E-state index contributed by atoms with van der Waals surface area (Å²) >= 11 is 0. The number of hydrogen-bond donors (Lipinski definition) is 3. The van der Waals surface area contributed by atoms with Crippen LogP contribution in [0.3, 0.4) is 0 Å². The van der Waals surface area contributed by atoms with E-state index in [1.54, 1.807) is 0 Å². The van der Waals surface area contributed by atoms with Gasteiger partial charge in [-0.05, 0) is 32.2 Å². The summed E-state index contributed by atoms with van der Waals surface area (Å²) in [4.78, 5) is 11.5. The lowest BCUT2D eigenvalue weighted by Gasteiger charge is -2.22. The Bertz CT molecular complexity index is 168. The average molecular weight is 200 g/mol. The van der Waals surface area contributed by atoms with Crippen molar-refractivity contribution in [2.75, 3.05) is 19.7 Å². The molecule has 1 saturated heterocycles. The highest BCUT2D eigenvalue weighted by Crippen LogP contribution is 2.06. The Morgan fingerprint density at radius 3 is 2.93 bits per heavy atom. The van der Waals surface area contributed by atoms with E-state index < -0.39 is 0 Å². The smallest absolute Gasteiger partial charge is 0.237 e. The molecule has 1 rings (SSSR count). The molecule has 0 unspecified atom stereocenters. The second-order valence-corrected chi connectivity index (χ2v) is 3.72. The van der Waals surface area contributed by atoms with Gasteiger partial charge in [0.15, 0.2) is 0 Å². The molecule has 4 heteroatoms. The van der Waals surface area contributed by atoms with Gasteiger partial charge in [0.1, 0.15) is 0 Å². The van der Waals surface area contributed by atoms with E-state index in [0.717, 1.165) is 32.2 Å². The van der Waals surface area contributed by atoms with E-state index in [1.807, 2.05) is 0 Å². The van der Waals surface area contributed by atoms with Crippen LogP contribution in [0.2, 0.25) is 0 Å². The molecule has 0 aliphatic carbocycles. The maximum absolute atomic E-state index is 11.5. The van der Waals surface area contributed by atoms with Crippen molar-refractivity contribution in [1.82, 2.24) is 10.6 Å². The molecule has 0 aromatic heterocycles. The summed E-state index contributed by atoms with van der Waals surface area (Å²) in [6.45, 7) is 1.84. The Hall–Kier alpha value is -0.610.